The third kappa shape index (κ3) is 0.916. The van der Waals surface area contributed by atoms with Crippen molar-refractivity contribution in [3.8, 4) is 0 Å². The number of allylic oxidation sites excluding steroid dienone is 6. The minimum absolute atomic E-state index is 0.410. The number of oxime groups is 1. The Hall–Kier alpha value is -1.31. The van der Waals surface area contributed by atoms with Crippen LogP contribution in [-0.4, -0.2) is 11.4 Å². The first-order valence-electron chi connectivity index (χ1n) is 4.66. The Labute approximate surface area is 76.9 Å². The molecule has 0 aromatic carbocycles. The highest BCUT2D eigenvalue weighted by Crippen LogP contribution is 2.55. The highest BCUT2D eigenvalue weighted by atomic mass is 16.4. The summed E-state index contributed by atoms with van der Waals surface area (Å²) in [4.78, 5) is 0. The molecule has 1 saturated carbocycles. The number of rotatable bonds is 1. The monoisotopic (exact) mass is 173 g/mol. The zero-order valence-electron chi connectivity index (χ0n) is 7.17. The van der Waals surface area contributed by atoms with E-state index >= 15 is 0 Å². The predicted octanol–water partition coefficient (Wildman–Crippen LogP) is 1.99. The Bertz CT molecular complexity index is 331. The Morgan fingerprint density at radius 2 is 1.85 bits per heavy atom. The van der Waals surface area contributed by atoms with Crippen LogP contribution in [0.4, 0.5) is 0 Å². The summed E-state index contributed by atoms with van der Waals surface area (Å²) in [5.41, 5.74) is 1.19. The van der Waals surface area contributed by atoms with Crippen molar-refractivity contribution in [1.82, 2.24) is 0 Å². The maximum Gasteiger partial charge on any atom is 0.0693 e. The van der Waals surface area contributed by atoms with Crippen molar-refractivity contribution in [2.24, 2.45) is 28.8 Å². The Kier molecular flexibility index (Phi) is 1.29. The largest absolute Gasteiger partial charge is 0.411 e. The van der Waals surface area contributed by atoms with Gasteiger partial charge in [-0.1, -0.05) is 35.5 Å². The van der Waals surface area contributed by atoms with E-state index in [0.717, 1.165) is 0 Å². The molecule has 13 heavy (non-hydrogen) atoms. The van der Waals surface area contributed by atoms with E-state index in [0.29, 0.717) is 23.7 Å². The van der Waals surface area contributed by atoms with Gasteiger partial charge < -0.3 is 5.21 Å². The average molecular weight is 173 g/mol. The SMILES string of the molecule is O/N=C\C1=CC2C=C[C@@H]3C1[C@@H]3C=C2. The second-order valence-electron chi connectivity index (χ2n) is 3.94. The molecule has 0 heterocycles. The summed E-state index contributed by atoms with van der Waals surface area (Å²) in [7, 11) is 0. The van der Waals surface area contributed by atoms with Crippen molar-refractivity contribution in [2.45, 2.75) is 0 Å². The summed E-state index contributed by atoms with van der Waals surface area (Å²) in [6.07, 6.45) is 12.8. The van der Waals surface area contributed by atoms with E-state index in [1.165, 1.54) is 5.57 Å². The smallest absolute Gasteiger partial charge is 0.0693 e. The zero-order chi connectivity index (χ0) is 8.84. The number of hydrogen-bond acceptors (Lipinski definition) is 2. The average Bonchev–Trinajstić information content (AvgIpc) is 2.81. The van der Waals surface area contributed by atoms with Gasteiger partial charge in [0, 0.05) is 5.92 Å². The second-order valence-corrected chi connectivity index (χ2v) is 3.94. The van der Waals surface area contributed by atoms with Crippen LogP contribution in [0.5, 0.6) is 0 Å². The van der Waals surface area contributed by atoms with Gasteiger partial charge in [-0.05, 0) is 23.3 Å². The molecule has 0 aromatic heterocycles. The van der Waals surface area contributed by atoms with Gasteiger partial charge in [0.25, 0.3) is 0 Å². The van der Waals surface area contributed by atoms with Gasteiger partial charge in [0.05, 0.1) is 6.21 Å². The Morgan fingerprint density at radius 3 is 2.46 bits per heavy atom. The molecule has 66 valence electrons. The predicted molar refractivity (Wildman–Crippen MR) is 50.6 cm³/mol. The molecule has 4 bridgehead atoms. The minimum atomic E-state index is 0.410. The molecule has 0 spiro atoms. The van der Waals surface area contributed by atoms with E-state index in [1.807, 2.05) is 0 Å². The summed E-state index contributed by atoms with van der Waals surface area (Å²) in [5, 5.41) is 11.7. The molecule has 2 nitrogen and oxygen atoms in total. The van der Waals surface area contributed by atoms with Crippen LogP contribution >= 0.6 is 0 Å². The van der Waals surface area contributed by atoms with Crippen LogP contribution in [0.3, 0.4) is 0 Å². The van der Waals surface area contributed by atoms with E-state index in [1.54, 1.807) is 6.21 Å². The Morgan fingerprint density at radius 1 is 1.15 bits per heavy atom. The molecule has 1 fully saturated rings. The van der Waals surface area contributed by atoms with Gasteiger partial charge in [-0.25, -0.2) is 0 Å². The molecule has 0 aromatic rings. The molecule has 0 aliphatic heterocycles. The van der Waals surface area contributed by atoms with Crippen molar-refractivity contribution >= 4 is 6.21 Å². The molecule has 2 heteroatoms. The molecule has 4 aliphatic rings. The quantitative estimate of drug-likeness (QED) is 0.280. The van der Waals surface area contributed by atoms with Gasteiger partial charge in [0.15, 0.2) is 0 Å². The van der Waals surface area contributed by atoms with Crippen molar-refractivity contribution < 1.29 is 5.21 Å². The standard InChI is InChI=1S/C11H11NO/c13-12-6-8-5-7-1-3-9-10(4-2-7)11(8)9/h1-7,9-11,13H/b12-6-/t7?,9-,10+,11?. The van der Waals surface area contributed by atoms with Crippen molar-refractivity contribution in [3.05, 3.63) is 36.0 Å². The topological polar surface area (TPSA) is 32.6 Å². The van der Waals surface area contributed by atoms with Crippen LogP contribution in [0.25, 0.3) is 0 Å². The van der Waals surface area contributed by atoms with E-state index in [9.17, 15) is 0 Å². The molecule has 0 radical (unpaired) electrons. The van der Waals surface area contributed by atoms with Gasteiger partial charge in [0.2, 0.25) is 0 Å². The second kappa shape index (κ2) is 2.34. The molecular weight excluding hydrogens is 162 g/mol. The fraction of sp³-hybridized carbons (Fsp3) is 0.364. The van der Waals surface area contributed by atoms with E-state index in [4.69, 9.17) is 5.21 Å². The maximum atomic E-state index is 8.53. The summed E-state index contributed by atoms with van der Waals surface area (Å²) >= 11 is 0. The first-order chi connectivity index (χ1) is 6.40. The normalized spacial score (nSPS) is 44.8. The highest BCUT2D eigenvalue weighted by molar-refractivity contribution is 5.81. The van der Waals surface area contributed by atoms with Gasteiger partial charge in [-0.3, -0.25) is 0 Å². The first kappa shape index (κ1) is 7.13. The van der Waals surface area contributed by atoms with Crippen LogP contribution < -0.4 is 0 Å². The van der Waals surface area contributed by atoms with Crippen LogP contribution in [0.15, 0.2) is 41.1 Å². The van der Waals surface area contributed by atoms with Crippen LogP contribution in [0.1, 0.15) is 0 Å². The van der Waals surface area contributed by atoms with Gasteiger partial charge >= 0.3 is 0 Å². The lowest BCUT2D eigenvalue weighted by atomic mass is 10.1. The van der Waals surface area contributed by atoms with E-state index in [2.05, 4.69) is 35.5 Å². The molecule has 4 atom stereocenters. The summed E-state index contributed by atoms with van der Waals surface area (Å²) < 4.78 is 0. The lowest BCUT2D eigenvalue weighted by Gasteiger charge is -1.98. The van der Waals surface area contributed by atoms with Crippen molar-refractivity contribution in [2.75, 3.05) is 0 Å². The van der Waals surface area contributed by atoms with Gasteiger partial charge in [0.1, 0.15) is 0 Å². The zero-order valence-corrected chi connectivity index (χ0v) is 7.17. The van der Waals surface area contributed by atoms with Crippen LogP contribution in [0, 0.1) is 23.7 Å². The third-order valence-corrected chi connectivity index (χ3v) is 3.22. The fourth-order valence-electron chi connectivity index (χ4n) is 2.52. The molecule has 1 N–H and O–H groups in total. The maximum absolute atomic E-state index is 8.53. The molecular formula is C11H11NO. The molecule has 0 amide bonds. The lowest BCUT2D eigenvalue weighted by Crippen LogP contribution is -1.92. The third-order valence-electron chi connectivity index (χ3n) is 3.22. The molecule has 4 aliphatic carbocycles. The number of hydrogen-bond donors (Lipinski definition) is 1. The van der Waals surface area contributed by atoms with Gasteiger partial charge in [-0.2, -0.15) is 0 Å². The lowest BCUT2D eigenvalue weighted by molar-refractivity contribution is 0.321. The molecule has 4 rings (SSSR count). The van der Waals surface area contributed by atoms with Crippen LogP contribution in [0.2, 0.25) is 0 Å². The molecule has 2 unspecified atom stereocenters. The summed E-state index contributed by atoms with van der Waals surface area (Å²) in [5.74, 6) is 2.31. The number of nitrogens with zero attached hydrogens (tertiary/aromatic N) is 1. The van der Waals surface area contributed by atoms with Crippen molar-refractivity contribution in [3.63, 3.8) is 0 Å². The summed E-state index contributed by atoms with van der Waals surface area (Å²) in [6.45, 7) is 0. The minimum Gasteiger partial charge on any atom is -0.411 e. The Balaban J connectivity index is 2.04. The first-order valence-corrected chi connectivity index (χ1v) is 4.66. The van der Waals surface area contributed by atoms with E-state index < -0.39 is 0 Å². The highest BCUT2D eigenvalue weighted by Gasteiger charge is 2.50. The van der Waals surface area contributed by atoms with Crippen LogP contribution in [-0.2, 0) is 0 Å². The van der Waals surface area contributed by atoms with Crippen molar-refractivity contribution in [1.29, 1.82) is 0 Å². The van der Waals surface area contributed by atoms with Gasteiger partial charge in [-0.15, -0.1) is 0 Å². The molecule has 0 saturated heterocycles. The summed E-state index contributed by atoms with van der Waals surface area (Å²) in [6, 6.07) is 0. The van der Waals surface area contributed by atoms with E-state index in [-0.39, 0.29) is 0 Å². The fourth-order valence-corrected chi connectivity index (χ4v) is 2.52.